The van der Waals surface area contributed by atoms with Gasteiger partial charge < -0.3 is 0 Å². The Bertz CT molecular complexity index is 374. The van der Waals surface area contributed by atoms with Crippen LogP contribution in [0.15, 0.2) is 15.9 Å². The Morgan fingerprint density at radius 3 is 2.77 bits per heavy atom. The molecular formula is C6H9BrN2O2S2. The van der Waals surface area contributed by atoms with Crippen LogP contribution in [0.25, 0.3) is 0 Å². The minimum atomic E-state index is -3.33. The van der Waals surface area contributed by atoms with Crippen LogP contribution in [0.1, 0.15) is 4.88 Å². The third-order valence-electron chi connectivity index (χ3n) is 1.38. The molecule has 0 saturated carbocycles. The first-order valence-corrected chi connectivity index (χ1v) is 6.61. The standard InChI is InChI=1S/C6H9BrN2O2S2/c1-8-13(10,11)9-4-6-5(7)2-3-12-6/h2-3,8-9H,4H2,1H3. The fourth-order valence-corrected chi connectivity index (χ4v) is 2.69. The molecule has 0 fully saturated rings. The van der Waals surface area contributed by atoms with Crippen LogP contribution < -0.4 is 9.44 Å². The summed E-state index contributed by atoms with van der Waals surface area (Å²) in [5.74, 6) is 0. The molecule has 7 heteroatoms. The molecule has 1 aromatic rings. The summed E-state index contributed by atoms with van der Waals surface area (Å²) in [6.45, 7) is 0.307. The second-order valence-electron chi connectivity index (χ2n) is 2.22. The monoisotopic (exact) mass is 284 g/mol. The third kappa shape index (κ3) is 3.35. The van der Waals surface area contributed by atoms with Crippen molar-refractivity contribution in [3.63, 3.8) is 0 Å². The van der Waals surface area contributed by atoms with Crippen molar-refractivity contribution in [2.45, 2.75) is 6.54 Å². The Hall–Kier alpha value is 0.0500. The van der Waals surface area contributed by atoms with E-state index in [4.69, 9.17) is 0 Å². The number of rotatable bonds is 4. The quantitative estimate of drug-likeness (QED) is 0.869. The Kier molecular flexibility index (Phi) is 3.87. The molecule has 4 nitrogen and oxygen atoms in total. The van der Waals surface area contributed by atoms with Crippen LogP contribution >= 0.6 is 27.3 Å². The van der Waals surface area contributed by atoms with Crippen molar-refractivity contribution in [1.29, 1.82) is 0 Å². The van der Waals surface area contributed by atoms with Crippen molar-refractivity contribution in [3.8, 4) is 0 Å². The second-order valence-corrected chi connectivity index (χ2v) is 5.78. The van der Waals surface area contributed by atoms with Gasteiger partial charge in [0.15, 0.2) is 0 Å². The molecule has 0 radical (unpaired) electrons. The van der Waals surface area contributed by atoms with Crippen molar-refractivity contribution >= 4 is 37.5 Å². The maximum atomic E-state index is 11.0. The highest BCUT2D eigenvalue weighted by Crippen LogP contribution is 2.22. The fourth-order valence-electron chi connectivity index (χ4n) is 0.684. The van der Waals surface area contributed by atoms with Crippen LogP contribution in [0.4, 0.5) is 0 Å². The van der Waals surface area contributed by atoms with E-state index >= 15 is 0 Å². The molecule has 1 aromatic heterocycles. The van der Waals surface area contributed by atoms with E-state index in [0.29, 0.717) is 6.54 Å². The maximum absolute atomic E-state index is 11.0. The minimum Gasteiger partial charge on any atom is -0.205 e. The summed E-state index contributed by atoms with van der Waals surface area (Å²) in [5, 5.41) is 1.90. The van der Waals surface area contributed by atoms with Gasteiger partial charge in [0.25, 0.3) is 10.2 Å². The van der Waals surface area contributed by atoms with Crippen molar-refractivity contribution in [2.75, 3.05) is 7.05 Å². The molecule has 1 rings (SSSR count). The molecule has 74 valence electrons. The van der Waals surface area contributed by atoms with Gasteiger partial charge in [-0.25, -0.2) is 4.72 Å². The normalized spacial score (nSPS) is 11.8. The summed E-state index contributed by atoms with van der Waals surface area (Å²) in [4.78, 5) is 0.957. The van der Waals surface area contributed by atoms with Gasteiger partial charge in [0.2, 0.25) is 0 Å². The van der Waals surface area contributed by atoms with Crippen LogP contribution in [0.2, 0.25) is 0 Å². The van der Waals surface area contributed by atoms with Gasteiger partial charge in [0, 0.05) is 22.9 Å². The summed E-state index contributed by atoms with van der Waals surface area (Å²) < 4.78 is 27.4. The topological polar surface area (TPSA) is 58.2 Å². The zero-order valence-electron chi connectivity index (χ0n) is 6.87. The van der Waals surface area contributed by atoms with E-state index in [9.17, 15) is 8.42 Å². The Labute approximate surface area is 89.7 Å². The molecular weight excluding hydrogens is 276 g/mol. The molecule has 0 amide bonds. The lowest BCUT2D eigenvalue weighted by atomic mass is 10.5. The first-order valence-electron chi connectivity index (χ1n) is 3.45. The van der Waals surface area contributed by atoms with E-state index in [2.05, 4.69) is 25.4 Å². The summed E-state index contributed by atoms with van der Waals surface area (Å²) in [6.07, 6.45) is 0. The molecule has 0 spiro atoms. The smallest absolute Gasteiger partial charge is 0.205 e. The maximum Gasteiger partial charge on any atom is 0.276 e. The molecule has 0 saturated heterocycles. The zero-order valence-corrected chi connectivity index (χ0v) is 10.1. The Balaban J connectivity index is 2.58. The SMILES string of the molecule is CNS(=O)(=O)NCc1sccc1Br. The van der Waals surface area contributed by atoms with Crippen molar-refractivity contribution < 1.29 is 8.42 Å². The summed E-state index contributed by atoms with van der Waals surface area (Å²) in [7, 11) is -1.96. The molecule has 0 atom stereocenters. The predicted molar refractivity (Wildman–Crippen MR) is 56.8 cm³/mol. The van der Waals surface area contributed by atoms with Gasteiger partial charge >= 0.3 is 0 Å². The molecule has 0 aliphatic heterocycles. The highest BCUT2D eigenvalue weighted by atomic mass is 79.9. The van der Waals surface area contributed by atoms with Crippen LogP contribution in [-0.4, -0.2) is 15.5 Å². The van der Waals surface area contributed by atoms with Gasteiger partial charge in [0.1, 0.15) is 0 Å². The van der Waals surface area contributed by atoms with E-state index in [1.807, 2.05) is 11.4 Å². The van der Waals surface area contributed by atoms with Crippen molar-refractivity contribution in [1.82, 2.24) is 9.44 Å². The van der Waals surface area contributed by atoms with Gasteiger partial charge in [-0.15, -0.1) is 11.3 Å². The molecule has 0 aliphatic rings. The molecule has 0 aromatic carbocycles. The highest BCUT2D eigenvalue weighted by molar-refractivity contribution is 9.10. The highest BCUT2D eigenvalue weighted by Gasteiger charge is 2.07. The summed E-state index contributed by atoms with van der Waals surface area (Å²) in [6, 6.07) is 1.88. The van der Waals surface area contributed by atoms with Crippen LogP contribution in [0.3, 0.4) is 0 Å². The van der Waals surface area contributed by atoms with Gasteiger partial charge in [-0.1, -0.05) is 0 Å². The summed E-state index contributed by atoms with van der Waals surface area (Å²) in [5.41, 5.74) is 0. The predicted octanol–water partition coefficient (Wildman–Crippen LogP) is 1.06. The van der Waals surface area contributed by atoms with Crippen molar-refractivity contribution in [2.24, 2.45) is 0 Å². The number of nitrogens with one attached hydrogen (secondary N) is 2. The molecule has 0 aliphatic carbocycles. The first-order chi connectivity index (χ1) is 6.05. The van der Waals surface area contributed by atoms with Gasteiger partial charge in [-0.2, -0.15) is 13.1 Å². The lowest BCUT2D eigenvalue weighted by Gasteiger charge is -2.03. The molecule has 13 heavy (non-hydrogen) atoms. The lowest BCUT2D eigenvalue weighted by Crippen LogP contribution is -2.33. The Morgan fingerprint density at radius 2 is 2.31 bits per heavy atom. The average molecular weight is 285 g/mol. The zero-order chi connectivity index (χ0) is 9.90. The van der Waals surface area contributed by atoms with E-state index < -0.39 is 10.2 Å². The number of thiophene rings is 1. The van der Waals surface area contributed by atoms with E-state index in [1.54, 1.807) is 0 Å². The van der Waals surface area contributed by atoms with Gasteiger partial charge in [0.05, 0.1) is 0 Å². The summed E-state index contributed by atoms with van der Waals surface area (Å²) >= 11 is 4.81. The molecule has 2 N–H and O–H groups in total. The minimum absolute atomic E-state index is 0.307. The average Bonchev–Trinajstić information content (AvgIpc) is 2.48. The number of hydrogen-bond acceptors (Lipinski definition) is 3. The van der Waals surface area contributed by atoms with Gasteiger partial charge in [-0.3, -0.25) is 0 Å². The van der Waals surface area contributed by atoms with Crippen LogP contribution in [-0.2, 0) is 16.8 Å². The van der Waals surface area contributed by atoms with Gasteiger partial charge in [-0.05, 0) is 27.4 Å². The van der Waals surface area contributed by atoms with E-state index in [-0.39, 0.29) is 0 Å². The van der Waals surface area contributed by atoms with Crippen LogP contribution in [0.5, 0.6) is 0 Å². The first kappa shape index (κ1) is 11.1. The molecule has 0 bridgehead atoms. The molecule has 1 heterocycles. The molecule has 0 unspecified atom stereocenters. The third-order valence-corrected chi connectivity index (χ3v) is 4.37. The van der Waals surface area contributed by atoms with E-state index in [0.717, 1.165) is 9.35 Å². The number of hydrogen-bond donors (Lipinski definition) is 2. The van der Waals surface area contributed by atoms with E-state index in [1.165, 1.54) is 18.4 Å². The lowest BCUT2D eigenvalue weighted by molar-refractivity contribution is 0.573. The van der Waals surface area contributed by atoms with Crippen molar-refractivity contribution in [3.05, 3.63) is 20.8 Å². The largest absolute Gasteiger partial charge is 0.276 e. The second kappa shape index (κ2) is 4.52. The Morgan fingerprint density at radius 1 is 1.62 bits per heavy atom. The van der Waals surface area contributed by atoms with Crippen LogP contribution in [0, 0.1) is 0 Å². The number of halogens is 1. The fraction of sp³-hybridized carbons (Fsp3) is 0.333.